The molecule has 5 heteroatoms. The van der Waals surface area contributed by atoms with Crippen molar-refractivity contribution < 1.29 is 23.8 Å². The Kier molecular flexibility index (Phi) is 6.57. The lowest BCUT2D eigenvalue weighted by Crippen LogP contribution is -2.20. The van der Waals surface area contributed by atoms with E-state index in [0.717, 1.165) is 24.8 Å². The zero-order valence-electron chi connectivity index (χ0n) is 17.5. The van der Waals surface area contributed by atoms with Crippen molar-refractivity contribution in [2.75, 3.05) is 7.11 Å². The van der Waals surface area contributed by atoms with Crippen molar-refractivity contribution in [1.29, 1.82) is 0 Å². The van der Waals surface area contributed by atoms with E-state index < -0.39 is 0 Å². The van der Waals surface area contributed by atoms with E-state index in [1.807, 2.05) is 31.2 Å². The summed E-state index contributed by atoms with van der Waals surface area (Å²) in [6, 6.07) is 11.2. The lowest BCUT2D eigenvalue weighted by atomic mass is 10.00. The van der Waals surface area contributed by atoms with E-state index in [9.17, 15) is 9.59 Å². The molecule has 0 radical (unpaired) electrons. The maximum absolute atomic E-state index is 12.6. The van der Waals surface area contributed by atoms with Gasteiger partial charge in [0.15, 0.2) is 11.5 Å². The van der Waals surface area contributed by atoms with Gasteiger partial charge in [-0.15, -0.1) is 0 Å². The van der Waals surface area contributed by atoms with Crippen molar-refractivity contribution in [2.45, 2.75) is 46.5 Å². The highest BCUT2D eigenvalue weighted by Crippen LogP contribution is 2.33. The summed E-state index contributed by atoms with van der Waals surface area (Å²) in [5.41, 5.74) is 3.40. The average molecular weight is 396 g/mol. The fourth-order valence-electron chi connectivity index (χ4n) is 3.50. The molecule has 0 amide bonds. The van der Waals surface area contributed by atoms with Crippen LogP contribution in [0.3, 0.4) is 0 Å². The number of methoxy groups -OCH3 is 1. The Hall–Kier alpha value is -2.82. The van der Waals surface area contributed by atoms with Crippen molar-refractivity contribution in [1.82, 2.24) is 0 Å². The van der Waals surface area contributed by atoms with Crippen LogP contribution in [0.2, 0.25) is 0 Å². The molecule has 0 saturated heterocycles. The van der Waals surface area contributed by atoms with Crippen LogP contribution in [0.1, 0.15) is 43.9 Å². The number of carbonyl (C=O) groups is 2. The van der Waals surface area contributed by atoms with Gasteiger partial charge in [0.2, 0.25) is 0 Å². The van der Waals surface area contributed by atoms with E-state index >= 15 is 0 Å². The summed E-state index contributed by atoms with van der Waals surface area (Å²) in [7, 11) is 1.53. The molecule has 3 rings (SSSR count). The molecule has 0 saturated carbocycles. The molecule has 0 fully saturated rings. The summed E-state index contributed by atoms with van der Waals surface area (Å²) in [5.74, 6) is 0.174. The zero-order valence-corrected chi connectivity index (χ0v) is 17.5. The number of fused-ring (bicyclic) bond motifs is 1. The van der Waals surface area contributed by atoms with E-state index in [2.05, 4.69) is 0 Å². The molecule has 0 aromatic heterocycles. The molecular weight excluding hydrogens is 368 g/mol. The van der Waals surface area contributed by atoms with Crippen LogP contribution in [0.25, 0.3) is 0 Å². The minimum absolute atomic E-state index is 0.246. The van der Waals surface area contributed by atoms with Gasteiger partial charge in [0.05, 0.1) is 18.9 Å². The van der Waals surface area contributed by atoms with Crippen LogP contribution in [0.4, 0.5) is 0 Å². The Morgan fingerprint density at radius 3 is 2.45 bits per heavy atom. The van der Waals surface area contributed by atoms with Gasteiger partial charge >= 0.3 is 11.9 Å². The number of hydrogen-bond donors (Lipinski definition) is 0. The van der Waals surface area contributed by atoms with E-state index in [1.54, 1.807) is 26.0 Å². The Balaban J connectivity index is 1.70. The van der Waals surface area contributed by atoms with Gasteiger partial charge in [-0.25, -0.2) is 0 Å². The number of esters is 2. The Morgan fingerprint density at radius 1 is 0.966 bits per heavy atom. The summed E-state index contributed by atoms with van der Waals surface area (Å²) in [4.78, 5) is 24.6. The van der Waals surface area contributed by atoms with E-state index in [-0.39, 0.29) is 23.8 Å². The van der Waals surface area contributed by atoms with Crippen molar-refractivity contribution in [3.63, 3.8) is 0 Å². The highest BCUT2D eigenvalue weighted by molar-refractivity contribution is 5.76. The largest absolute Gasteiger partial charge is 0.493 e. The van der Waals surface area contributed by atoms with Crippen molar-refractivity contribution in [3.8, 4) is 17.2 Å². The van der Waals surface area contributed by atoms with Gasteiger partial charge in [0.25, 0.3) is 0 Å². The van der Waals surface area contributed by atoms with E-state index in [4.69, 9.17) is 14.2 Å². The molecule has 0 N–H and O–H groups in total. The Labute approximate surface area is 172 Å². The Bertz CT molecular complexity index is 900. The predicted molar refractivity (Wildman–Crippen MR) is 110 cm³/mol. The smallest absolute Gasteiger partial charge is 0.314 e. The molecule has 0 aliphatic heterocycles. The standard InChI is InChI=1S/C24H28O5/c1-15(2)23(25)29-21-10-6-9-19(22(21)27-4)13-16(3)24(26)28-20-12-11-17-7-5-8-18(17)14-20/h6,9-12,14-16H,5,7-8,13H2,1-4H3/t16-/m0/s1. The molecular formula is C24H28O5. The fourth-order valence-corrected chi connectivity index (χ4v) is 3.50. The SMILES string of the molecule is COc1c(C[C@H](C)C(=O)Oc2ccc3c(c2)CCC3)cccc1OC(=O)C(C)C. The maximum Gasteiger partial charge on any atom is 0.314 e. The molecule has 5 nitrogen and oxygen atoms in total. The van der Waals surface area contributed by atoms with Gasteiger partial charge in [-0.2, -0.15) is 0 Å². The number of rotatable bonds is 7. The lowest BCUT2D eigenvalue weighted by molar-refractivity contribution is -0.139. The molecule has 154 valence electrons. The Morgan fingerprint density at radius 2 is 1.72 bits per heavy atom. The van der Waals surface area contributed by atoms with Gasteiger partial charge in [-0.1, -0.05) is 39.0 Å². The van der Waals surface area contributed by atoms with E-state index in [0.29, 0.717) is 23.7 Å². The highest BCUT2D eigenvalue weighted by atomic mass is 16.6. The van der Waals surface area contributed by atoms with Gasteiger partial charge in [-0.3, -0.25) is 9.59 Å². The molecule has 2 aromatic rings. The van der Waals surface area contributed by atoms with Crippen LogP contribution in [-0.4, -0.2) is 19.0 Å². The first-order valence-corrected chi connectivity index (χ1v) is 10.1. The third kappa shape index (κ3) is 4.97. The van der Waals surface area contributed by atoms with Crippen LogP contribution in [0.15, 0.2) is 36.4 Å². The molecule has 0 spiro atoms. The van der Waals surface area contributed by atoms with Crippen molar-refractivity contribution >= 4 is 11.9 Å². The maximum atomic E-state index is 12.6. The molecule has 1 aliphatic rings. The summed E-state index contributed by atoms with van der Waals surface area (Å²) in [6.07, 6.45) is 3.70. The van der Waals surface area contributed by atoms with Crippen LogP contribution >= 0.6 is 0 Å². The van der Waals surface area contributed by atoms with Crippen LogP contribution in [-0.2, 0) is 28.9 Å². The highest BCUT2D eigenvalue weighted by Gasteiger charge is 2.22. The number of carbonyl (C=O) groups excluding carboxylic acids is 2. The third-order valence-electron chi connectivity index (χ3n) is 5.16. The summed E-state index contributed by atoms with van der Waals surface area (Å²) in [6.45, 7) is 5.37. The topological polar surface area (TPSA) is 61.8 Å². The number of para-hydroxylation sites is 1. The monoisotopic (exact) mass is 396 g/mol. The van der Waals surface area contributed by atoms with Crippen LogP contribution < -0.4 is 14.2 Å². The quantitative estimate of drug-likeness (QED) is 0.508. The van der Waals surface area contributed by atoms with Crippen LogP contribution in [0, 0.1) is 11.8 Å². The van der Waals surface area contributed by atoms with E-state index in [1.165, 1.54) is 18.2 Å². The molecule has 0 heterocycles. The number of aryl methyl sites for hydroxylation is 2. The molecule has 0 unspecified atom stereocenters. The molecule has 2 aromatic carbocycles. The first kappa shape index (κ1) is 20.9. The minimum atomic E-state index is -0.381. The normalized spacial score (nSPS) is 13.7. The third-order valence-corrected chi connectivity index (χ3v) is 5.16. The summed E-state index contributed by atoms with van der Waals surface area (Å²) >= 11 is 0. The van der Waals surface area contributed by atoms with Crippen LogP contribution in [0.5, 0.6) is 17.2 Å². The second-order valence-corrected chi connectivity index (χ2v) is 7.83. The van der Waals surface area contributed by atoms with Crippen molar-refractivity contribution in [3.05, 3.63) is 53.1 Å². The molecule has 29 heavy (non-hydrogen) atoms. The van der Waals surface area contributed by atoms with Gasteiger partial charge in [0, 0.05) is 0 Å². The fraction of sp³-hybridized carbons (Fsp3) is 0.417. The second kappa shape index (κ2) is 9.12. The minimum Gasteiger partial charge on any atom is -0.493 e. The lowest BCUT2D eigenvalue weighted by Gasteiger charge is -2.17. The molecule has 1 aliphatic carbocycles. The first-order chi connectivity index (χ1) is 13.9. The van der Waals surface area contributed by atoms with Gasteiger partial charge in [-0.05, 0) is 60.6 Å². The number of ether oxygens (including phenoxy) is 3. The summed E-state index contributed by atoms with van der Waals surface area (Å²) in [5, 5.41) is 0. The molecule has 1 atom stereocenters. The van der Waals surface area contributed by atoms with Crippen molar-refractivity contribution in [2.24, 2.45) is 11.8 Å². The zero-order chi connectivity index (χ0) is 21.0. The molecule has 0 bridgehead atoms. The predicted octanol–water partition coefficient (Wildman–Crippen LogP) is 4.53. The first-order valence-electron chi connectivity index (χ1n) is 10.1. The summed E-state index contributed by atoms with van der Waals surface area (Å²) < 4.78 is 16.5. The van der Waals surface area contributed by atoms with Gasteiger partial charge in [0.1, 0.15) is 5.75 Å². The number of benzene rings is 2. The van der Waals surface area contributed by atoms with Gasteiger partial charge < -0.3 is 14.2 Å². The second-order valence-electron chi connectivity index (χ2n) is 7.83. The number of hydrogen-bond acceptors (Lipinski definition) is 5. The average Bonchev–Trinajstić information content (AvgIpc) is 3.15.